The van der Waals surface area contributed by atoms with Gasteiger partial charge in [-0.25, -0.2) is 9.78 Å². The maximum Gasteiger partial charge on any atom is 0.327 e. The molecule has 31 heavy (non-hydrogen) atoms. The van der Waals surface area contributed by atoms with Crippen LogP contribution in [-0.2, 0) is 14.4 Å². The van der Waals surface area contributed by atoms with E-state index in [0.29, 0.717) is 28.6 Å². The molecule has 0 bridgehead atoms. The summed E-state index contributed by atoms with van der Waals surface area (Å²) in [6, 6.07) is -1.58. The molecule has 4 fully saturated rings. The lowest BCUT2D eigenvalue weighted by Crippen LogP contribution is -2.70. The minimum atomic E-state index is -1.01. The van der Waals surface area contributed by atoms with Crippen LogP contribution in [0.3, 0.4) is 0 Å². The highest BCUT2D eigenvalue weighted by molar-refractivity contribution is 8.01. The molecule has 10 heteroatoms. The number of carbonyl (C=O) groups is 3. The van der Waals surface area contributed by atoms with E-state index in [1.807, 2.05) is 19.2 Å². The lowest BCUT2D eigenvalue weighted by atomic mass is 9.93. The van der Waals surface area contributed by atoms with Gasteiger partial charge in [-0.1, -0.05) is 12.8 Å². The SMILES string of the molecule is CC1(C)S[C@@H]2[C@H](NC(=O)C(CC3C4CCCCC43)c3csc(N)n3)C(=O)N2[C@H]1C(=O)O. The standard InChI is InChI=1S/C21H28N4O4S2/c1-21(2)15(19(28)29)25-17(27)14(18(25)31-21)24-16(26)12(13-8-30-20(22)23-13)7-11-9-5-3-4-6-10(9)11/h8-12,14-15,18H,3-7H2,1-2H3,(H2,22,23)(H,24,26)(H,28,29)/t9?,10?,11?,12?,14-,15+,18-/m1/s1. The number of fused-ring (bicyclic) bond motifs is 2. The second-order valence-corrected chi connectivity index (χ2v) is 12.4. The fourth-order valence-electron chi connectivity index (χ4n) is 5.98. The molecule has 168 valence electrons. The van der Waals surface area contributed by atoms with E-state index in [1.54, 1.807) is 0 Å². The molecular weight excluding hydrogens is 436 g/mol. The van der Waals surface area contributed by atoms with Crippen molar-refractivity contribution in [3.8, 4) is 0 Å². The Balaban J connectivity index is 1.31. The minimum Gasteiger partial charge on any atom is -0.480 e. The van der Waals surface area contributed by atoms with E-state index in [-0.39, 0.29) is 17.2 Å². The number of rotatable bonds is 6. The van der Waals surface area contributed by atoms with Crippen molar-refractivity contribution >= 4 is 46.0 Å². The van der Waals surface area contributed by atoms with E-state index >= 15 is 0 Å². The van der Waals surface area contributed by atoms with Crippen molar-refractivity contribution < 1.29 is 19.5 Å². The zero-order valence-corrected chi connectivity index (χ0v) is 19.2. The average Bonchev–Trinajstić information content (AvgIpc) is 3.12. The second kappa shape index (κ2) is 7.37. The van der Waals surface area contributed by atoms with E-state index in [1.165, 1.54) is 53.7 Å². The molecule has 1 aromatic heterocycles. The van der Waals surface area contributed by atoms with Gasteiger partial charge in [-0.05, 0) is 50.9 Å². The van der Waals surface area contributed by atoms with Crippen LogP contribution in [0, 0.1) is 17.8 Å². The Morgan fingerprint density at radius 3 is 2.61 bits per heavy atom. The van der Waals surface area contributed by atoms with E-state index < -0.39 is 28.7 Å². The summed E-state index contributed by atoms with van der Waals surface area (Å²) in [5, 5.41) is 14.5. The number of anilines is 1. The molecule has 4 aliphatic rings. The van der Waals surface area contributed by atoms with Crippen LogP contribution in [0.1, 0.15) is 57.6 Å². The first-order valence-corrected chi connectivity index (χ1v) is 12.7. The molecule has 2 saturated heterocycles. The number of carbonyl (C=O) groups excluding carboxylic acids is 2. The van der Waals surface area contributed by atoms with Gasteiger partial charge in [0, 0.05) is 10.1 Å². The van der Waals surface area contributed by atoms with Crippen molar-refractivity contribution in [3.05, 3.63) is 11.1 Å². The third kappa shape index (κ3) is 3.42. The highest BCUT2D eigenvalue weighted by Gasteiger charge is 2.64. The Bertz CT molecular complexity index is 922. The van der Waals surface area contributed by atoms with Crippen molar-refractivity contribution in [1.29, 1.82) is 0 Å². The van der Waals surface area contributed by atoms with Crippen LogP contribution < -0.4 is 11.1 Å². The average molecular weight is 465 g/mol. The zero-order valence-electron chi connectivity index (χ0n) is 17.6. The van der Waals surface area contributed by atoms with Gasteiger partial charge in [0.25, 0.3) is 0 Å². The Morgan fingerprint density at radius 2 is 2.03 bits per heavy atom. The Labute approximate surface area is 189 Å². The fourth-order valence-corrected chi connectivity index (χ4v) is 8.23. The fraction of sp³-hybridized carbons (Fsp3) is 0.714. The van der Waals surface area contributed by atoms with E-state index in [0.717, 1.165) is 6.42 Å². The number of β-lactam (4-membered cyclic amide) rings is 1. The number of hydrogen-bond donors (Lipinski definition) is 3. The summed E-state index contributed by atoms with van der Waals surface area (Å²) in [6.07, 6.45) is 5.75. The van der Waals surface area contributed by atoms with Gasteiger partial charge in [-0.15, -0.1) is 23.1 Å². The number of thiazole rings is 1. The number of hydrogen-bond acceptors (Lipinski definition) is 7. The van der Waals surface area contributed by atoms with E-state index in [9.17, 15) is 19.5 Å². The smallest absolute Gasteiger partial charge is 0.327 e. The van der Waals surface area contributed by atoms with Gasteiger partial charge in [-0.2, -0.15) is 0 Å². The molecule has 0 spiro atoms. The van der Waals surface area contributed by atoms with Crippen LogP contribution >= 0.6 is 23.1 Å². The summed E-state index contributed by atoms with van der Waals surface area (Å²) in [5.41, 5.74) is 6.52. The number of aliphatic carboxylic acids is 1. The number of amides is 2. The number of nitrogens with two attached hydrogens (primary N) is 1. The predicted molar refractivity (Wildman–Crippen MR) is 118 cm³/mol. The van der Waals surface area contributed by atoms with Gasteiger partial charge in [0.1, 0.15) is 17.5 Å². The second-order valence-electron chi connectivity index (χ2n) is 9.76. The molecule has 3 heterocycles. The van der Waals surface area contributed by atoms with Crippen molar-refractivity contribution in [2.24, 2.45) is 17.8 Å². The summed E-state index contributed by atoms with van der Waals surface area (Å²) >= 11 is 2.76. The monoisotopic (exact) mass is 464 g/mol. The van der Waals surface area contributed by atoms with Gasteiger partial charge >= 0.3 is 5.97 Å². The Kier molecular flexibility index (Phi) is 5.00. The van der Waals surface area contributed by atoms with Crippen LogP contribution in [-0.4, -0.2) is 55.0 Å². The number of thioether (sulfide) groups is 1. The molecule has 2 amide bonds. The lowest BCUT2D eigenvalue weighted by molar-refractivity contribution is -0.161. The van der Waals surface area contributed by atoms with Crippen LogP contribution in [0.4, 0.5) is 5.13 Å². The normalized spacial score (nSPS) is 36.2. The van der Waals surface area contributed by atoms with E-state index in [4.69, 9.17) is 5.73 Å². The number of nitrogen functional groups attached to an aromatic ring is 1. The van der Waals surface area contributed by atoms with Crippen molar-refractivity contribution in [2.75, 3.05) is 5.73 Å². The molecule has 5 rings (SSSR count). The molecule has 6 atom stereocenters. The van der Waals surface area contributed by atoms with Gasteiger partial charge in [0.15, 0.2) is 5.13 Å². The highest BCUT2D eigenvalue weighted by atomic mass is 32.2. The molecule has 1 aromatic rings. The minimum absolute atomic E-state index is 0.205. The van der Waals surface area contributed by atoms with Crippen LogP contribution in [0.5, 0.6) is 0 Å². The highest BCUT2D eigenvalue weighted by Crippen LogP contribution is 2.59. The largest absolute Gasteiger partial charge is 0.480 e. The Morgan fingerprint density at radius 1 is 1.35 bits per heavy atom. The number of carboxylic acid groups (broad SMARTS) is 1. The van der Waals surface area contributed by atoms with Gasteiger partial charge in [-0.3, -0.25) is 9.59 Å². The molecule has 0 radical (unpaired) electrons. The first kappa shape index (κ1) is 21.1. The topological polar surface area (TPSA) is 126 Å². The molecule has 2 aliphatic heterocycles. The van der Waals surface area contributed by atoms with Gasteiger partial charge in [0.05, 0.1) is 11.6 Å². The maximum absolute atomic E-state index is 13.4. The van der Waals surface area contributed by atoms with Gasteiger partial charge in [0.2, 0.25) is 11.8 Å². The van der Waals surface area contributed by atoms with Crippen LogP contribution in [0.15, 0.2) is 5.38 Å². The number of aromatic nitrogens is 1. The quantitative estimate of drug-likeness (QED) is 0.551. The number of nitrogens with one attached hydrogen (secondary N) is 1. The number of carboxylic acids is 1. The van der Waals surface area contributed by atoms with E-state index in [2.05, 4.69) is 10.3 Å². The number of nitrogens with zero attached hydrogens (tertiary/aromatic N) is 2. The van der Waals surface area contributed by atoms with Crippen LogP contribution in [0.2, 0.25) is 0 Å². The summed E-state index contributed by atoms with van der Waals surface area (Å²) in [4.78, 5) is 43.6. The molecule has 2 aliphatic carbocycles. The summed E-state index contributed by atoms with van der Waals surface area (Å²) < 4.78 is -0.613. The van der Waals surface area contributed by atoms with Gasteiger partial charge < -0.3 is 21.1 Å². The van der Waals surface area contributed by atoms with Crippen molar-refractivity contribution in [1.82, 2.24) is 15.2 Å². The predicted octanol–water partition coefficient (Wildman–Crippen LogP) is 2.27. The first-order valence-electron chi connectivity index (χ1n) is 10.9. The lowest BCUT2D eigenvalue weighted by Gasteiger charge is -2.43. The zero-order chi connectivity index (χ0) is 22.1. The molecule has 4 N–H and O–H groups in total. The molecule has 0 aromatic carbocycles. The molecule has 8 nitrogen and oxygen atoms in total. The summed E-state index contributed by atoms with van der Waals surface area (Å²) in [5.74, 6) is -0.00625. The molecular formula is C21H28N4O4S2. The van der Waals surface area contributed by atoms with Crippen molar-refractivity contribution in [3.63, 3.8) is 0 Å². The van der Waals surface area contributed by atoms with Crippen LogP contribution in [0.25, 0.3) is 0 Å². The summed E-state index contributed by atoms with van der Waals surface area (Å²) in [6.45, 7) is 3.66. The van der Waals surface area contributed by atoms with Crippen molar-refractivity contribution in [2.45, 2.75) is 74.1 Å². The third-order valence-corrected chi connectivity index (χ3v) is 9.79. The maximum atomic E-state index is 13.4. The molecule has 2 saturated carbocycles. The Hall–Kier alpha value is -1.81. The third-order valence-electron chi connectivity index (χ3n) is 7.53. The first-order chi connectivity index (χ1) is 14.7. The molecule has 3 unspecified atom stereocenters. The summed E-state index contributed by atoms with van der Waals surface area (Å²) in [7, 11) is 0.